The average Bonchev–Trinajstić information content (AvgIpc) is 2.36. The molecular formula is C6H6N4. The van der Waals surface area contributed by atoms with Crippen molar-refractivity contribution in [3.05, 3.63) is 24.4 Å². The van der Waals surface area contributed by atoms with Gasteiger partial charge in [0.15, 0.2) is 5.65 Å². The van der Waals surface area contributed by atoms with E-state index in [4.69, 9.17) is 0 Å². The maximum absolute atomic E-state index is 4.04. The Bertz CT molecular complexity index is 351. The summed E-state index contributed by atoms with van der Waals surface area (Å²) in [5.74, 6) is 0.856. The zero-order valence-electron chi connectivity index (χ0n) is 5.52. The first-order chi connectivity index (χ1) is 4.88. The molecule has 0 spiro atoms. The van der Waals surface area contributed by atoms with Crippen LogP contribution in [-0.2, 0) is 0 Å². The van der Waals surface area contributed by atoms with E-state index in [1.165, 1.54) is 6.33 Å². The first-order valence-electron chi connectivity index (χ1n) is 2.99. The molecule has 2 rings (SSSR count). The van der Waals surface area contributed by atoms with E-state index in [9.17, 15) is 0 Å². The summed E-state index contributed by atoms with van der Waals surface area (Å²) in [5.41, 5.74) is 0.840. The number of aryl methyl sites for hydroxylation is 1. The molecule has 0 atom stereocenters. The molecule has 0 aliphatic carbocycles. The van der Waals surface area contributed by atoms with E-state index in [0.29, 0.717) is 0 Å². The largest absolute Gasteiger partial charge is 0.241 e. The number of rotatable bonds is 0. The van der Waals surface area contributed by atoms with Gasteiger partial charge in [-0.25, -0.2) is 9.97 Å². The van der Waals surface area contributed by atoms with Gasteiger partial charge in [0.25, 0.3) is 0 Å². The Balaban J connectivity index is 2.95. The highest BCUT2D eigenvalue weighted by Crippen LogP contribution is 1.96. The fourth-order valence-electron chi connectivity index (χ4n) is 0.880. The van der Waals surface area contributed by atoms with Crippen molar-refractivity contribution in [2.24, 2.45) is 0 Å². The molecule has 0 radical (unpaired) electrons. The minimum atomic E-state index is 0.840. The van der Waals surface area contributed by atoms with Gasteiger partial charge < -0.3 is 0 Å². The third kappa shape index (κ3) is 0.586. The van der Waals surface area contributed by atoms with E-state index >= 15 is 0 Å². The summed E-state index contributed by atoms with van der Waals surface area (Å²) in [7, 11) is 0. The van der Waals surface area contributed by atoms with Crippen LogP contribution in [0.25, 0.3) is 5.65 Å². The maximum Gasteiger partial charge on any atom is 0.158 e. The molecule has 0 N–H and O–H groups in total. The van der Waals surface area contributed by atoms with Crippen molar-refractivity contribution in [1.29, 1.82) is 0 Å². The van der Waals surface area contributed by atoms with Crippen LogP contribution in [0.1, 0.15) is 5.82 Å². The standard InChI is InChI=1S/C6H6N4/c1-5-7-3-2-6-8-4-9-10(5)6/h2-4H,1H3. The van der Waals surface area contributed by atoms with Gasteiger partial charge in [-0.2, -0.15) is 9.61 Å². The van der Waals surface area contributed by atoms with Crippen molar-refractivity contribution in [2.45, 2.75) is 6.92 Å². The molecule has 10 heavy (non-hydrogen) atoms. The second kappa shape index (κ2) is 1.76. The Morgan fingerprint density at radius 2 is 2.30 bits per heavy atom. The number of nitrogens with zero attached hydrogens (tertiary/aromatic N) is 4. The van der Waals surface area contributed by atoms with Crippen LogP contribution in [-0.4, -0.2) is 19.6 Å². The molecule has 0 saturated carbocycles. The van der Waals surface area contributed by atoms with E-state index < -0.39 is 0 Å². The van der Waals surface area contributed by atoms with Gasteiger partial charge in [0.2, 0.25) is 0 Å². The molecule has 2 heterocycles. The van der Waals surface area contributed by atoms with E-state index in [1.807, 2.05) is 13.0 Å². The van der Waals surface area contributed by atoms with Crippen LogP contribution >= 0.6 is 0 Å². The van der Waals surface area contributed by atoms with Gasteiger partial charge in [-0.1, -0.05) is 0 Å². The fourth-order valence-corrected chi connectivity index (χ4v) is 0.880. The van der Waals surface area contributed by atoms with Gasteiger partial charge in [-0.05, 0) is 6.92 Å². The predicted octanol–water partition coefficient (Wildman–Crippen LogP) is 0.433. The fraction of sp³-hybridized carbons (Fsp3) is 0.167. The molecule has 0 fully saturated rings. The third-order valence-corrected chi connectivity index (χ3v) is 1.37. The third-order valence-electron chi connectivity index (χ3n) is 1.37. The van der Waals surface area contributed by atoms with Crippen molar-refractivity contribution in [2.75, 3.05) is 0 Å². The number of fused-ring (bicyclic) bond motifs is 1. The lowest BCUT2D eigenvalue weighted by atomic mass is 10.6. The molecule has 4 nitrogen and oxygen atoms in total. The minimum Gasteiger partial charge on any atom is -0.241 e. The van der Waals surface area contributed by atoms with E-state index in [1.54, 1.807) is 10.7 Å². The number of hydrogen-bond donors (Lipinski definition) is 0. The molecule has 0 saturated heterocycles. The highest BCUT2D eigenvalue weighted by molar-refractivity contribution is 5.34. The summed E-state index contributed by atoms with van der Waals surface area (Å²) < 4.78 is 1.69. The van der Waals surface area contributed by atoms with Crippen molar-refractivity contribution in [3.8, 4) is 0 Å². The second-order valence-electron chi connectivity index (χ2n) is 2.02. The van der Waals surface area contributed by atoms with Crippen LogP contribution in [0, 0.1) is 6.92 Å². The zero-order valence-corrected chi connectivity index (χ0v) is 5.52. The minimum absolute atomic E-state index is 0.840. The molecule has 50 valence electrons. The lowest BCUT2D eigenvalue weighted by molar-refractivity contribution is 0.863. The number of hydrogen-bond acceptors (Lipinski definition) is 3. The molecule has 2 aromatic rings. The Morgan fingerprint density at radius 1 is 1.40 bits per heavy atom. The molecule has 0 aliphatic heterocycles. The van der Waals surface area contributed by atoms with Gasteiger partial charge in [-0.3, -0.25) is 0 Å². The normalized spacial score (nSPS) is 10.5. The summed E-state index contributed by atoms with van der Waals surface area (Å²) in [6, 6.07) is 1.82. The molecule has 4 heteroatoms. The van der Waals surface area contributed by atoms with Crippen LogP contribution in [0.5, 0.6) is 0 Å². The molecule has 0 aliphatic rings. The molecular weight excluding hydrogens is 128 g/mol. The average molecular weight is 134 g/mol. The Kier molecular flexibility index (Phi) is 0.943. The Morgan fingerprint density at radius 3 is 3.10 bits per heavy atom. The van der Waals surface area contributed by atoms with Crippen LogP contribution in [0.3, 0.4) is 0 Å². The summed E-state index contributed by atoms with van der Waals surface area (Å²) in [6.07, 6.45) is 3.24. The van der Waals surface area contributed by atoms with Crippen LogP contribution in [0.15, 0.2) is 18.6 Å². The first-order valence-corrected chi connectivity index (χ1v) is 2.99. The molecule has 0 bridgehead atoms. The van der Waals surface area contributed by atoms with Gasteiger partial charge in [0.1, 0.15) is 12.2 Å². The molecule has 0 aromatic carbocycles. The summed E-state index contributed by atoms with van der Waals surface area (Å²) in [4.78, 5) is 8.03. The van der Waals surface area contributed by atoms with Crippen molar-refractivity contribution >= 4 is 5.65 Å². The summed E-state index contributed by atoms with van der Waals surface area (Å²) in [6.45, 7) is 1.89. The van der Waals surface area contributed by atoms with E-state index in [-0.39, 0.29) is 0 Å². The van der Waals surface area contributed by atoms with Crippen molar-refractivity contribution in [1.82, 2.24) is 19.6 Å². The molecule has 0 unspecified atom stereocenters. The van der Waals surface area contributed by atoms with Gasteiger partial charge in [0.05, 0.1) is 0 Å². The van der Waals surface area contributed by atoms with E-state index in [0.717, 1.165) is 11.5 Å². The highest BCUT2D eigenvalue weighted by atomic mass is 15.3. The second-order valence-corrected chi connectivity index (χ2v) is 2.02. The summed E-state index contributed by atoms with van der Waals surface area (Å²) >= 11 is 0. The SMILES string of the molecule is Cc1nccc2ncnn12. The zero-order chi connectivity index (χ0) is 6.97. The van der Waals surface area contributed by atoms with Crippen molar-refractivity contribution < 1.29 is 0 Å². The monoisotopic (exact) mass is 134 g/mol. The van der Waals surface area contributed by atoms with Gasteiger partial charge in [-0.15, -0.1) is 0 Å². The Labute approximate surface area is 57.5 Å². The quantitative estimate of drug-likeness (QED) is 0.524. The predicted molar refractivity (Wildman–Crippen MR) is 35.5 cm³/mol. The van der Waals surface area contributed by atoms with Crippen molar-refractivity contribution in [3.63, 3.8) is 0 Å². The first kappa shape index (κ1) is 5.34. The lowest BCUT2D eigenvalue weighted by Gasteiger charge is -1.92. The van der Waals surface area contributed by atoms with Crippen LogP contribution in [0.4, 0.5) is 0 Å². The van der Waals surface area contributed by atoms with E-state index in [2.05, 4.69) is 15.1 Å². The topological polar surface area (TPSA) is 43.1 Å². The summed E-state index contributed by atoms with van der Waals surface area (Å²) in [5, 5.41) is 3.96. The highest BCUT2D eigenvalue weighted by Gasteiger charge is 1.95. The lowest BCUT2D eigenvalue weighted by Crippen LogP contribution is -1.94. The van der Waals surface area contributed by atoms with Crippen LogP contribution in [0.2, 0.25) is 0 Å². The Hall–Kier alpha value is -1.45. The van der Waals surface area contributed by atoms with Gasteiger partial charge in [0, 0.05) is 12.3 Å². The molecule has 2 aromatic heterocycles. The van der Waals surface area contributed by atoms with Crippen LogP contribution < -0.4 is 0 Å². The van der Waals surface area contributed by atoms with Gasteiger partial charge >= 0.3 is 0 Å². The number of aromatic nitrogens is 4. The smallest absolute Gasteiger partial charge is 0.158 e. The molecule has 0 amide bonds. The maximum atomic E-state index is 4.04.